The first-order valence-corrected chi connectivity index (χ1v) is 8.28. The van der Waals surface area contributed by atoms with Gasteiger partial charge in [-0.05, 0) is 30.9 Å². The maximum atomic E-state index is 12.1. The maximum Gasteiger partial charge on any atom is 0.234 e. The Morgan fingerprint density at radius 3 is 2.40 bits per heavy atom. The van der Waals surface area contributed by atoms with Crippen LogP contribution in [0.4, 0.5) is 0 Å². The van der Waals surface area contributed by atoms with E-state index in [1.54, 1.807) is 6.08 Å². The molecule has 0 heterocycles. The van der Waals surface area contributed by atoms with Crippen molar-refractivity contribution in [1.29, 1.82) is 0 Å². The Labute approximate surface area is 122 Å². The van der Waals surface area contributed by atoms with E-state index in [-0.39, 0.29) is 6.54 Å². The summed E-state index contributed by atoms with van der Waals surface area (Å²) in [6, 6.07) is 9.31. The van der Waals surface area contributed by atoms with Crippen molar-refractivity contribution in [3.63, 3.8) is 0 Å². The third-order valence-electron chi connectivity index (χ3n) is 2.94. The van der Waals surface area contributed by atoms with E-state index in [2.05, 4.69) is 4.72 Å². The second-order valence-corrected chi connectivity index (χ2v) is 7.29. The summed E-state index contributed by atoms with van der Waals surface area (Å²) in [6.45, 7) is 6.19. The summed E-state index contributed by atoms with van der Waals surface area (Å²) in [6.07, 6.45) is 2.27. The summed E-state index contributed by atoms with van der Waals surface area (Å²) >= 11 is 0. The Morgan fingerprint density at radius 1 is 1.30 bits per heavy atom. The first-order chi connectivity index (χ1) is 9.26. The molecule has 0 radical (unpaired) electrons. The molecule has 1 rings (SSSR count). The third kappa shape index (κ3) is 5.86. The van der Waals surface area contributed by atoms with Crippen LogP contribution in [0.3, 0.4) is 0 Å². The van der Waals surface area contributed by atoms with E-state index in [4.69, 9.17) is 5.73 Å². The largest absolute Gasteiger partial charge is 0.329 e. The molecule has 0 amide bonds. The fourth-order valence-corrected chi connectivity index (χ4v) is 3.44. The fraction of sp³-hybridized carbons (Fsp3) is 0.467. The second kappa shape index (κ2) is 7.02. The Hall–Kier alpha value is -1.17. The van der Waals surface area contributed by atoms with E-state index < -0.39 is 15.6 Å². The van der Waals surface area contributed by atoms with E-state index in [0.29, 0.717) is 12.3 Å². The van der Waals surface area contributed by atoms with Crippen LogP contribution in [-0.2, 0) is 10.0 Å². The van der Waals surface area contributed by atoms with E-state index in [1.807, 2.05) is 51.1 Å². The molecule has 1 aromatic rings. The number of nitrogens with two attached hydrogens (primary N) is 1. The van der Waals surface area contributed by atoms with Crippen molar-refractivity contribution >= 4 is 16.1 Å². The molecule has 1 atom stereocenters. The van der Waals surface area contributed by atoms with Crippen LogP contribution in [0.5, 0.6) is 0 Å². The molecule has 20 heavy (non-hydrogen) atoms. The van der Waals surface area contributed by atoms with E-state index >= 15 is 0 Å². The molecule has 0 saturated carbocycles. The van der Waals surface area contributed by atoms with Crippen molar-refractivity contribution < 1.29 is 8.42 Å². The van der Waals surface area contributed by atoms with Gasteiger partial charge in [0.1, 0.15) is 0 Å². The smallest absolute Gasteiger partial charge is 0.234 e. The van der Waals surface area contributed by atoms with Gasteiger partial charge in [-0.1, -0.05) is 44.2 Å². The molecule has 0 spiro atoms. The maximum absolute atomic E-state index is 12.1. The highest BCUT2D eigenvalue weighted by molar-refractivity contribution is 7.92. The van der Waals surface area contributed by atoms with Crippen LogP contribution >= 0.6 is 0 Å². The van der Waals surface area contributed by atoms with Gasteiger partial charge in [-0.3, -0.25) is 0 Å². The van der Waals surface area contributed by atoms with Gasteiger partial charge < -0.3 is 5.73 Å². The number of sulfonamides is 1. The standard InChI is InChI=1S/C15H24N2O2S/c1-13(2)11-15(3,12-16)17-20(18,19)10-9-14-7-5-4-6-8-14/h4-10,13,17H,11-12,16H2,1-3H3/b10-9+. The lowest BCUT2D eigenvalue weighted by Crippen LogP contribution is -2.51. The van der Waals surface area contributed by atoms with Gasteiger partial charge in [0.25, 0.3) is 0 Å². The zero-order chi connectivity index (χ0) is 15.2. The topological polar surface area (TPSA) is 72.2 Å². The third-order valence-corrected chi connectivity index (χ3v) is 4.21. The minimum atomic E-state index is -3.51. The SMILES string of the molecule is CC(C)CC(C)(CN)NS(=O)(=O)/C=C/c1ccccc1. The fourth-order valence-electron chi connectivity index (χ4n) is 2.18. The Bertz CT molecular complexity index is 538. The predicted octanol–water partition coefficient (Wildman–Crippen LogP) is 2.34. The summed E-state index contributed by atoms with van der Waals surface area (Å²) in [5.74, 6) is 0.365. The average molecular weight is 296 g/mol. The number of benzene rings is 1. The molecule has 5 heteroatoms. The van der Waals surface area contributed by atoms with Gasteiger partial charge in [0, 0.05) is 17.5 Å². The average Bonchev–Trinajstić information content (AvgIpc) is 2.36. The minimum absolute atomic E-state index is 0.267. The molecule has 0 aliphatic heterocycles. The van der Waals surface area contributed by atoms with Crippen molar-refractivity contribution in [2.45, 2.75) is 32.7 Å². The van der Waals surface area contributed by atoms with Gasteiger partial charge in [-0.15, -0.1) is 0 Å². The van der Waals surface area contributed by atoms with Gasteiger partial charge >= 0.3 is 0 Å². The van der Waals surface area contributed by atoms with Gasteiger partial charge in [-0.2, -0.15) is 0 Å². The molecule has 0 fully saturated rings. The van der Waals surface area contributed by atoms with Crippen molar-refractivity contribution in [2.24, 2.45) is 11.7 Å². The molecular weight excluding hydrogens is 272 g/mol. The van der Waals surface area contributed by atoms with Crippen LogP contribution in [0.15, 0.2) is 35.7 Å². The monoisotopic (exact) mass is 296 g/mol. The van der Waals surface area contributed by atoms with E-state index in [0.717, 1.165) is 5.56 Å². The van der Waals surface area contributed by atoms with Gasteiger partial charge in [0.15, 0.2) is 0 Å². The highest BCUT2D eigenvalue weighted by Crippen LogP contribution is 2.17. The molecular formula is C15H24N2O2S. The zero-order valence-electron chi connectivity index (χ0n) is 12.3. The molecule has 1 unspecified atom stereocenters. The summed E-state index contributed by atoms with van der Waals surface area (Å²) in [5.41, 5.74) is 5.95. The van der Waals surface area contributed by atoms with Crippen LogP contribution in [0.1, 0.15) is 32.8 Å². The molecule has 3 N–H and O–H groups in total. The number of nitrogens with one attached hydrogen (secondary N) is 1. The molecule has 112 valence electrons. The van der Waals surface area contributed by atoms with Crippen molar-refractivity contribution in [1.82, 2.24) is 4.72 Å². The lowest BCUT2D eigenvalue weighted by atomic mass is 9.92. The summed E-state index contributed by atoms with van der Waals surface area (Å²) in [4.78, 5) is 0. The van der Waals surface area contributed by atoms with Crippen molar-refractivity contribution in [3.8, 4) is 0 Å². The van der Waals surface area contributed by atoms with Crippen LogP contribution in [-0.4, -0.2) is 20.5 Å². The Kier molecular flexibility index (Phi) is 5.92. The number of hydrogen-bond acceptors (Lipinski definition) is 3. The highest BCUT2D eigenvalue weighted by Gasteiger charge is 2.27. The number of rotatable bonds is 7. The zero-order valence-corrected chi connectivity index (χ0v) is 13.2. The quantitative estimate of drug-likeness (QED) is 0.811. The molecule has 4 nitrogen and oxygen atoms in total. The van der Waals surface area contributed by atoms with Crippen LogP contribution in [0.2, 0.25) is 0 Å². The van der Waals surface area contributed by atoms with Crippen LogP contribution < -0.4 is 10.5 Å². The van der Waals surface area contributed by atoms with Crippen LogP contribution in [0, 0.1) is 5.92 Å². The Morgan fingerprint density at radius 2 is 1.90 bits per heavy atom. The first kappa shape index (κ1) is 16.9. The summed E-state index contributed by atoms with van der Waals surface area (Å²) in [5, 5.41) is 1.19. The first-order valence-electron chi connectivity index (χ1n) is 6.73. The van der Waals surface area contributed by atoms with Crippen LogP contribution in [0.25, 0.3) is 6.08 Å². The molecule has 1 aromatic carbocycles. The Balaban J connectivity index is 2.81. The molecule has 0 saturated heterocycles. The van der Waals surface area contributed by atoms with E-state index in [1.165, 1.54) is 5.41 Å². The molecule has 0 aliphatic carbocycles. The number of hydrogen-bond donors (Lipinski definition) is 2. The predicted molar refractivity (Wildman–Crippen MR) is 84.4 cm³/mol. The van der Waals surface area contributed by atoms with Crippen molar-refractivity contribution in [3.05, 3.63) is 41.3 Å². The van der Waals surface area contributed by atoms with Gasteiger partial charge in [-0.25, -0.2) is 13.1 Å². The normalized spacial score (nSPS) is 15.7. The highest BCUT2D eigenvalue weighted by atomic mass is 32.2. The molecule has 0 aromatic heterocycles. The van der Waals surface area contributed by atoms with Gasteiger partial charge in [0.2, 0.25) is 10.0 Å². The second-order valence-electron chi connectivity index (χ2n) is 5.72. The molecule has 0 aliphatic rings. The van der Waals surface area contributed by atoms with Gasteiger partial charge in [0.05, 0.1) is 0 Å². The molecule has 0 bridgehead atoms. The lowest BCUT2D eigenvalue weighted by molar-refractivity contribution is 0.346. The van der Waals surface area contributed by atoms with E-state index in [9.17, 15) is 8.42 Å². The lowest BCUT2D eigenvalue weighted by Gasteiger charge is -2.30. The summed E-state index contributed by atoms with van der Waals surface area (Å²) < 4.78 is 26.9. The van der Waals surface area contributed by atoms with Crippen molar-refractivity contribution in [2.75, 3.05) is 6.54 Å². The summed E-state index contributed by atoms with van der Waals surface area (Å²) in [7, 11) is -3.51. The minimum Gasteiger partial charge on any atom is -0.329 e.